The Hall–Kier alpha value is -2.24. The van der Waals surface area contributed by atoms with Crippen LogP contribution in [0.4, 0.5) is 0 Å². The van der Waals surface area contributed by atoms with Gasteiger partial charge < -0.3 is 4.42 Å². The molecule has 0 spiro atoms. The van der Waals surface area contributed by atoms with E-state index in [1.807, 2.05) is 36.7 Å². The molecule has 0 fully saturated rings. The number of hydrogen-bond acceptors (Lipinski definition) is 5. The first-order valence-electron chi connectivity index (χ1n) is 7.49. The maximum absolute atomic E-state index is 5.83. The zero-order valence-corrected chi connectivity index (χ0v) is 13.2. The summed E-state index contributed by atoms with van der Waals surface area (Å²) in [5.41, 5.74) is 3.44. The molecule has 4 heterocycles. The summed E-state index contributed by atoms with van der Waals surface area (Å²) >= 11 is 5.83. The minimum absolute atomic E-state index is 0.525. The van der Waals surface area contributed by atoms with E-state index < -0.39 is 0 Å². The van der Waals surface area contributed by atoms with Gasteiger partial charge in [-0.3, -0.25) is 4.90 Å². The molecule has 0 bridgehead atoms. The number of pyridine rings is 1. The van der Waals surface area contributed by atoms with E-state index in [2.05, 4.69) is 19.9 Å². The van der Waals surface area contributed by atoms with E-state index in [1.165, 1.54) is 5.56 Å². The summed E-state index contributed by atoms with van der Waals surface area (Å²) in [5, 5.41) is 0.525. The zero-order valence-electron chi connectivity index (χ0n) is 12.4. The fourth-order valence-electron chi connectivity index (χ4n) is 2.79. The lowest BCUT2D eigenvalue weighted by Gasteiger charge is -2.27. The van der Waals surface area contributed by atoms with Gasteiger partial charge in [0, 0.05) is 44.0 Å². The molecule has 3 aromatic rings. The van der Waals surface area contributed by atoms with Crippen LogP contribution < -0.4 is 0 Å². The van der Waals surface area contributed by atoms with E-state index in [-0.39, 0.29) is 0 Å². The van der Waals surface area contributed by atoms with Gasteiger partial charge in [0.05, 0.1) is 12.0 Å². The van der Waals surface area contributed by atoms with Gasteiger partial charge in [-0.2, -0.15) is 0 Å². The molecular weight excluding hydrogens is 312 g/mol. The lowest BCUT2D eigenvalue weighted by Crippen LogP contribution is -2.31. The number of halogens is 1. The number of fused-ring (bicyclic) bond motifs is 1. The van der Waals surface area contributed by atoms with E-state index in [0.29, 0.717) is 16.7 Å². The third-order valence-corrected chi connectivity index (χ3v) is 4.17. The molecular formula is C17H15ClN4O. The predicted molar refractivity (Wildman–Crippen MR) is 86.8 cm³/mol. The first-order chi connectivity index (χ1) is 11.3. The van der Waals surface area contributed by atoms with Crippen molar-refractivity contribution in [2.45, 2.75) is 19.5 Å². The lowest BCUT2D eigenvalue weighted by atomic mass is 10.1. The normalized spacial score (nSPS) is 14.7. The van der Waals surface area contributed by atoms with Crippen LogP contribution in [-0.2, 0) is 19.5 Å². The van der Waals surface area contributed by atoms with Crippen molar-refractivity contribution < 1.29 is 4.42 Å². The maximum Gasteiger partial charge on any atom is 0.195 e. The fourth-order valence-corrected chi connectivity index (χ4v) is 2.90. The van der Waals surface area contributed by atoms with E-state index in [0.717, 1.165) is 37.3 Å². The third-order valence-electron chi connectivity index (χ3n) is 3.95. The smallest absolute Gasteiger partial charge is 0.195 e. The molecule has 1 aliphatic heterocycles. The number of rotatable bonds is 3. The van der Waals surface area contributed by atoms with Gasteiger partial charge in [0.2, 0.25) is 0 Å². The highest BCUT2D eigenvalue weighted by Gasteiger charge is 2.19. The summed E-state index contributed by atoms with van der Waals surface area (Å²) in [5.74, 6) is 1.37. The Morgan fingerprint density at radius 3 is 2.91 bits per heavy atom. The lowest BCUT2D eigenvalue weighted by molar-refractivity contribution is 0.242. The molecule has 0 unspecified atom stereocenters. The van der Waals surface area contributed by atoms with E-state index in [4.69, 9.17) is 16.0 Å². The van der Waals surface area contributed by atoms with Crippen LogP contribution in [0.3, 0.4) is 0 Å². The highest BCUT2D eigenvalue weighted by molar-refractivity contribution is 6.29. The standard InChI is InChI=1S/C17H15ClN4O/c18-16-4-3-12(8-19-16)10-22-6-5-14-13(11-22)9-20-17(21-14)15-2-1-7-23-15/h1-4,7-9H,5-6,10-11H2. The predicted octanol–water partition coefficient (Wildman–Crippen LogP) is 3.34. The summed E-state index contributed by atoms with van der Waals surface area (Å²) in [6, 6.07) is 7.57. The van der Waals surface area contributed by atoms with E-state index >= 15 is 0 Å². The van der Waals surface area contributed by atoms with Crippen LogP contribution in [-0.4, -0.2) is 26.4 Å². The Morgan fingerprint density at radius 2 is 2.13 bits per heavy atom. The Bertz CT molecular complexity index is 802. The second kappa shape index (κ2) is 6.10. The van der Waals surface area contributed by atoms with Crippen LogP contribution in [0.15, 0.2) is 47.3 Å². The van der Waals surface area contributed by atoms with Crippen LogP contribution in [0.2, 0.25) is 5.15 Å². The summed E-state index contributed by atoms with van der Waals surface area (Å²) in [7, 11) is 0. The van der Waals surface area contributed by atoms with Gasteiger partial charge in [-0.1, -0.05) is 17.7 Å². The molecule has 5 nitrogen and oxygen atoms in total. The SMILES string of the molecule is Clc1ccc(CN2CCc3nc(-c4ccco4)ncc3C2)cn1. The monoisotopic (exact) mass is 326 g/mol. The van der Waals surface area contributed by atoms with Gasteiger partial charge in [0.25, 0.3) is 0 Å². The van der Waals surface area contributed by atoms with Gasteiger partial charge >= 0.3 is 0 Å². The molecule has 0 saturated heterocycles. The van der Waals surface area contributed by atoms with Gasteiger partial charge in [-0.15, -0.1) is 0 Å². The van der Waals surface area contributed by atoms with Crippen molar-refractivity contribution in [3.8, 4) is 11.6 Å². The summed E-state index contributed by atoms with van der Waals surface area (Å²) in [4.78, 5) is 15.6. The second-order valence-electron chi connectivity index (χ2n) is 5.59. The first kappa shape index (κ1) is 14.4. The zero-order chi connectivity index (χ0) is 15.6. The van der Waals surface area contributed by atoms with Crippen molar-refractivity contribution in [1.82, 2.24) is 19.9 Å². The molecule has 0 aliphatic carbocycles. The van der Waals surface area contributed by atoms with Crippen LogP contribution in [0, 0.1) is 0 Å². The summed E-state index contributed by atoms with van der Waals surface area (Å²) < 4.78 is 5.37. The molecule has 0 amide bonds. The Labute approximate surface area is 139 Å². The van der Waals surface area contributed by atoms with Crippen molar-refractivity contribution in [2.24, 2.45) is 0 Å². The summed E-state index contributed by atoms with van der Waals surface area (Å²) in [6.07, 6.45) is 6.29. The number of nitrogens with zero attached hydrogens (tertiary/aromatic N) is 4. The Balaban J connectivity index is 1.50. The number of aromatic nitrogens is 3. The minimum Gasteiger partial charge on any atom is -0.461 e. The average molecular weight is 327 g/mol. The van der Waals surface area contributed by atoms with E-state index in [1.54, 1.807) is 6.26 Å². The highest BCUT2D eigenvalue weighted by atomic mass is 35.5. The summed E-state index contributed by atoms with van der Waals surface area (Å²) in [6.45, 7) is 2.66. The molecule has 0 saturated carbocycles. The highest BCUT2D eigenvalue weighted by Crippen LogP contribution is 2.22. The number of furan rings is 1. The Morgan fingerprint density at radius 1 is 1.17 bits per heavy atom. The molecule has 23 heavy (non-hydrogen) atoms. The Kier molecular flexibility index (Phi) is 3.81. The quantitative estimate of drug-likeness (QED) is 0.691. The van der Waals surface area contributed by atoms with Gasteiger partial charge in [0.1, 0.15) is 5.15 Å². The van der Waals surface area contributed by atoms with Crippen LogP contribution in [0.5, 0.6) is 0 Å². The van der Waals surface area contributed by atoms with Gasteiger partial charge in [0.15, 0.2) is 11.6 Å². The van der Waals surface area contributed by atoms with Crippen molar-refractivity contribution in [3.63, 3.8) is 0 Å². The van der Waals surface area contributed by atoms with Crippen molar-refractivity contribution in [3.05, 3.63) is 64.9 Å². The average Bonchev–Trinajstić information content (AvgIpc) is 3.11. The molecule has 1 aliphatic rings. The molecule has 6 heteroatoms. The molecule has 0 atom stereocenters. The second-order valence-corrected chi connectivity index (χ2v) is 5.98. The third kappa shape index (κ3) is 3.11. The molecule has 0 N–H and O–H groups in total. The molecule has 3 aromatic heterocycles. The molecule has 0 radical (unpaired) electrons. The van der Waals surface area contributed by atoms with Crippen LogP contribution >= 0.6 is 11.6 Å². The van der Waals surface area contributed by atoms with E-state index in [9.17, 15) is 0 Å². The van der Waals surface area contributed by atoms with Gasteiger partial charge in [-0.05, 0) is 23.8 Å². The first-order valence-corrected chi connectivity index (χ1v) is 7.87. The maximum atomic E-state index is 5.83. The largest absolute Gasteiger partial charge is 0.461 e. The molecule has 116 valence electrons. The van der Waals surface area contributed by atoms with Crippen LogP contribution in [0.1, 0.15) is 16.8 Å². The van der Waals surface area contributed by atoms with Crippen LogP contribution in [0.25, 0.3) is 11.6 Å². The van der Waals surface area contributed by atoms with Crippen molar-refractivity contribution in [2.75, 3.05) is 6.54 Å². The van der Waals surface area contributed by atoms with Crippen molar-refractivity contribution >= 4 is 11.6 Å². The number of hydrogen-bond donors (Lipinski definition) is 0. The molecule has 0 aromatic carbocycles. The van der Waals surface area contributed by atoms with Gasteiger partial charge in [-0.25, -0.2) is 15.0 Å². The topological polar surface area (TPSA) is 55.1 Å². The molecule has 4 rings (SSSR count). The van der Waals surface area contributed by atoms with Crippen molar-refractivity contribution in [1.29, 1.82) is 0 Å². The fraction of sp³-hybridized carbons (Fsp3) is 0.235. The minimum atomic E-state index is 0.525.